The van der Waals surface area contributed by atoms with Gasteiger partial charge in [-0.05, 0) is 36.2 Å². The molecule has 2 rings (SSSR count). The van der Waals surface area contributed by atoms with Crippen LogP contribution in [0.3, 0.4) is 0 Å². The van der Waals surface area contributed by atoms with Crippen LogP contribution in [0.25, 0.3) is 0 Å². The van der Waals surface area contributed by atoms with Crippen LogP contribution >= 0.6 is 11.6 Å². The second-order valence-corrected chi connectivity index (χ2v) is 4.94. The number of halogens is 1. The predicted molar refractivity (Wildman–Crippen MR) is 78.0 cm³/mol. The predicted octanol–water partition coefficient (Wildman–Crippen LogP) is 3.80. The Bertz CT molecular complexity index is 540. The highest BCUT2D eigenvalue weighted by Gasteiger charge is 2.14. The molecule has 0 bridgehead atoms. The zero-order valence-electron chi connectivity index (χ0n) is 10.8. The molecular weight excluding hydrogens is 260 g/mol. The minimum Gasteiger partial charge on any atom is -0.493 e. The SMILES string of the molecule is Cc1cccc(OCC(CO)c2ccccc2Cl)c1. The molecule has 1 atom stereocenters. The summed E-state index contributed by atoms with van der Waals surface area (Å²) in [5.74, 6) is 0.694. The van der Waals surface area contributed by atoms with Gasteiger partial charge in [0.05, 0.1) is 13.2 Å². The van der Waals surface area contributed by atoms with Gasteiger partial charge in [0, 0.05) is 10.9 Å². The van der Waals surface area contributed by atoms with Crippen molar-refractivity contribution in [3.05, 3.63) is 64.7 Å². The molecule has 0 spiro atoms. The molecule has 0 heterocycles. The van der Waals surface area contributed by atoms with Crippen LogP contribution in [0.15, 0.2) is 48.5 Å². The molecule has 0 aliphatic carbocycles. The maximum atomic E-state index is 9.50. The molecule has 19 heavy (non-hydrogen) atoms. The first-order valence-electron chi connectivity index (χ1n) is 6.25. The summed E-state index contributed by atoms with van der Waals surface area (Å²) in [6, 6.07) is 15.4. The van der Waals surface area contributed by atoms with Gasteiger partial charge in [0.25, 0.3) is 0 Å². The first-order chi connectivity index (χ1) is 9.20. The third-order valence-electron chi connectivity index (χ3n) is 3.01. The monoisotopic (exact) mass is 276 g/mol. The minimum absolute atomic E-state index is 0.00947. The largest absolute Gasteiger partial charge is 0.493 e. The highest BCUT2D eigenvalue weighted by atomic mass is 35.5. The second-order valence-electron chi connectivity index (χ2n) is 4.53. The summed E-state index contributed by atoms with van der Waals surface area (Å²) in [6.45, 7) is 2.43. The number of hydrogen-bond acceptors (Lipinski definition) is 2. The molecule has 2 aromatic carbocycles. The van der Waals surface area contributed by atoms with Crippen LogP contribution in [0.1, 0.15) is 17.0 Å². The summed E-state index contributed by atoms with van der Waals surface area (Å²) in [7, 11) is 0. The Morgan fingerprint density at radius 3 is 2.63 bits per heavy atom. The zero-order valence-corrected chi connectivity index (χ0v) is 11.6. The van der Waals surface area contributed by atoms with E-state index in [0.717, 1.165) is 16.9 Å². The third kappa shape index (κ3) is 3.72. The van der Waals surface area contributed by atoms with Crippen molar-refractivity contribution in [2.24, 2.45) is 0 Å². The number of benzene rings is 2. The van der Waals surface area contributed by atoms with Crippen molar-refractivity contribution < 1.29 is 9.84 Å². The Balaban J connectivity index is 2.06. The number of aliphatic hydroxyl groups is 1. The first-order valence-corrected chi connectivity index (χ1v) is 6.63. The highest BCUT2D eigenvalue weighted by Crippen LogP contribution is 2.25. The molecule has 0 saturated carbocycles. The second kappa shape index (κ2) is 6.60. The molecule has 100 valence electrons. The number of aryl methyl sites for hydroxylation is 1. The van der Waals surface area contributed by atoms with Gasteiger partial charge in [-0.25, -0.2) is 0 Å². The van der Waals surface area contributed by atoms with Gasteiger partial charge in [-0.15, -0.1) is 0 Å². The van der Waals surface area contributed by atoms with Crippen LogP contribution in [0.5, 0.6) is 5.75 Å². The molecule has 0 aliphatic rings. The number of aliphatic hydroxyl groups excluding tert-OH is 1. The van der Waals surface area contributed by atoms with Crippen molar-refractivity contribution >= 4 is 11.6 Å². The fourth-order valence-corrected chi connectivity index (χ4v) is 2.24. The number of ether oxygens (including phenoxy) is 1. The molecule has 0 aliphatic heterocycles. The first kappa shape index (κ1) is 13.9. The van der Waals surface area contributed by atoms with E-state index in [9.17, 15) is 5.11 Å². The molecular formula is C16H17ClO2. The quantitative estimate of drug-likeness (QED) is 0.900. The van der Waals surface area contributed by atoms with Crippen LogP contribution in [0, 0.1) is 6.92 Å². The van der Waals surface area contributed by atoms with Gasteiger partial charge < -0.3 is 9.84 Å². The van der Waals surface area contributed by atoms with Crippen molar-refractivity contribution in [2.75, 3.05) is 13.2 Å². The molecule has 1 unspecified atom stereocenters. The molecule has 1 N–H and O–H groups in total. The normalized spacial score (nSPS) is 12.2. The van der Waals surface area contributed by atoms with Gasteiger partial charge >= 0.3 is 0 Å². The Kier molecular flexibility index (Phi) is 4.83. The molecule has 0 amide bonds. The zero-order chi connectivity index (χ0) is 13.7. The lowest BCUT2D eigenvalue weighted by atomic mass is 10.0. The van der Waals surface area contributed by atoms with E-state index in [2.05, 4.69) is 0 Å². The Morgan fingerprint density at radius 2 is 1.95 bits per heavy atom. The summed E-state index contributed by atoms with van der Waals surface area (Å²) in [6.07, 6.45) is 0. The van der Waals surface area contributed by atoms with Crippen molar-refractivity contribution in [3.63, 3.8) is 0 Å². The Hall–Kier alpha value is -1.51. The molecule has 0 aromatic heterocycles. The molecule has 2 nitrogen and oxygen atoms in total. The van der Waals surface area contributed by atoms with E-state index < -0.39 is 0 Å². The Labute approximate surface area is 118 Å². The molecule has 0 radical (unpaired) electrons. The van der Waals surface area contributed by atoms with Gasteiger partial charge in [-0.2, -0.15) is 0 Å². The van der Waals surface area contributed by atoms with Crippen molar-refractivity contribution in [3.8, 4) is 5.75 Å². The summed E-state index contributed by atoms with van der Waals surface area (Å²) < 4.78 is 5.73. The van der Waals surface area contributed by atoms with E-state index in [0.29, 0.717) is 11.6 Å². The van der Waals surface area contributed by atoms with Crippen LogP contribution in [0.4, 0.5) is 0 Å². The van der Waals surface area contributed by atoms with E-state index in [4.69, 9.17) is 16.3 Å². The van der Waals surface area contributed by atoms with E-state index in [1.165, 1.54) is 0 Å². The molecule has 0 saturated heterocycles. The topological polar surface area (TPSA) is 29.5 Å². The van der Waals surface area contributed by atoms with Gasteiger partial charge in [-0.1, -0.05) is 41.9 Å². The van der Waals surface area contributed by atoms with E-state index in [1.54, 1.807) is 0 Å². The molecule has 0 fully saturated rings. The van der Waals surface area contributed by atoms with Gasteiger partial charge in [0.15, 0.2) is 0 Å². The smallest absolute Gasteiger partial charge is 0.119 e. The van der Waals surface area contributed by atoms with Crippen molar-refractivity contribution in [1.82, 2.24) is 0 Å². The number of hydrogen-bond donors (Lipinski definition) is 1. The maximum Gasteiger partial charge on any atom is 0.119 e. The van der Waals surface area contributed by atoms with Gasteiger partial charge in [-0.3, -0.25) is 0 Å². The summed E-state index contributed by atoms with van der Waals surface area (Å²) >= 11 is 6.14. The van der Waals surface area contributed by atoms with Gasteiger partial charge in [0.2, 0.25) is 0 Å². The van der Waals surface area contributed by atoms with Crippen LogP contribution in [-0.4, -0.2) is 18.3 Å². The summed E-state index contributed by atoms with van der Waals surface area (Å²) in [4.78, 5) is 0. The average molecular weight is 277 g/mol. The maximum absolute atomic E-state index is 9.50. The molecule has 3 heteroatoms. The fraction of sp³-hybridized carbons (Fsp3) is 0.250. The number of rotatable bonds is 5. The average Bonchev–Trinajstić information content (AvgIpc) is 2.41. The van der Waals surface area contributed by atoms with Gasteiger partial charge in [0.1, 0.15) is 5.75 Å². The summed E-state index contributed by atoms with van der Waals surface area (Å²) in [5, 5.41) is 10.2. The minimum atomic E-state index is -0.116. The lowest BCUT2D eigenvalue weighted by molar-refractivity contribution is 0.205. The van der Waals surface area contributed by atoms with Crippen LogP contribution in [0.2, 0.25) is 5.02 Å². The lowest BCUT2D eigenvalue weighted by Gasteiger charge is -2.17. The van der Waals surface area contributed by atoms with Crippen LogP contribution < -0.4 is 4.74 Å². The van der Waals surface area contributed by atoms with E-state index in [-0.39, 0.29) is 12.5 Å². The van der Waals surface area contributed by atoms with Crippen molar-refractivity contribution in [1.29, 1.82) is 0 Å². The van der Waals surface area contributed by atoms with E-state index in [1.807, 2.05) is 55.5 Å². The van der Waals surface area contributed by atoms with Crippen LogP contribution in [-0.2, 0) is 0 Å². The lowest BCUT2D eigenvalue weighted by Crippen LogP contribution is -2.14. The summed E-state index contributed by atoms with van der Waals surface area (Å²) in [5.41, 5.74) is 2.06. The third-order valence-corrected chi connectivity index (χ3v) is 3.35. The highest BCUT2D eigenvalue weighted by molar-refractivity contribution is 6.31. The Morgan fingerprint density at radius 1 is 1.16 bits per heavy atom. The molecule has 2 aromatic rings. The standard InChI is InChI=1S/C16H17ClO2/c1-12-5-4-6-14(9-12)19-11-13(10-18)15-7-2-3-8-16(15)17/h2-9,13,18H,10-11H2,1H3. The van der Waals surface area contributed by atoms with E-state index >= 15 is 0 Å². The fourth-order valence-electron chi connectivity index (χ4n) is 1.95. The van der Waals surface area contributed by atoms with Crippen molar-refractivity contribution in [2.45, 2.75) is 12.8 Å².